The first-order chi connectivity index (χ1) is 8.17. The maximum absolute atomic E-state index is 11.5. The molecule has 0 aromatic heterocycles. The van der Waals surface area contributed by atoms with Crippen LogP contribution in [-0.2, 0) is 19.1 Å². The summed E-state index contributed by atoms with van der Waals surface area (Å²) in [6, 6.07) is 9.37. The highest BCUT2D eigenvalue weighted by Gasteiger charge is 2.24. The maximum Gasteiger partial charge on any atom is 0.319 e. The first-order valence-electron chi connectivity index (χ1n) is 5.03. The lowest BCUT2D eigenvalue weighted by molar-refractivity contribution is -0.146. The molecule has 4 nitrogen and oxygen atoms in total. The van der Waals surface area contributed by atoms with Crippen molar-refractivity contribution in [3.05, 3.63) is 30.3 Å². The predicted octanol–water partition coefficient (Wildman–Crippen LogP) is 1.88. The first-order valence-corrected chi connectivity index (χ1v) is 5.91. The van der Waals surface area contributed by atoms with Crippen molar-refractivity contribution in [2.24, 2.45) is 0 Å². The maximum atomic E-state index is 11.5. The molecule has 0 fully saturated rings. The van der Waals surface area contributed by atoms with Crippen LogP contribution in [0.15, 0.2) is 35.2 Å². The molecule has 0 saturated carbocycles. The standard InChI is InChI=1S/C12H14O4S/c1-15-11(13)8-10(12(14)16-2)17-9-6-4-3-5-7-9/h3-7,10H,8H2,1-2H3/t10-/m0/s1. The fourth-order valence-electron chi connectivity index (χ4n) is 1.20. The first kappa shape index (κ1) is 13.6. The SMILES string of the molecule is COC(=O)C[C@H](Sc1ccccc1)C(=O)OC. The molecule has 0 bridgehead atoms. The lowest BCUT2D eigenvalue weighted by Gasteiger charge is -2.12. The summed E-state index contributed by atoms with van der Waals surface area (Å²) >= 11 is 1.29. The second-order valence-electron chi connectivity index (χ2n) is 3.22. The van der Waals surface area contributed by atoms with Crippen LogP contribution in [0.1, 0.15) is 6.42 Å². The van der Waals surface area contributed by atoms with Crippen molar-refractivity contribution in [2.45, 2.75) is 16.6 Å². The third kappa shape index (κ3) is 4.48. The molecule has 0 aliphatic carbocycles. The van der Waals surface area contributed by atoms with E-state index in [2.05, 4.69) is 9.47 Å². The zero-order valence-electron chi connectivity index (χ0n) is 9.71. The summed E-state index contributed by atoms with van der Waals surface area (Å²) in [7, 11) is 2.60. The molecule has 0 radical (unpaired) electrons. The third-order valence-corrected chi connectivity index (χ3v) is 3.25. The summed E-state index contributed by atoms with van der Waals surface area (Å²) in [5, 5.41) is -0.574. The van der Waals surface area contributed by atoms with Gasteiger partial charge in [0.2, 0.25) is 0 Å². The molecule has 0 heterocycles. The molecule has 1 rings (SSSR count). The lowest BCUT2D eigenvalue weighted by Crippen LogP contribution is -2.22. The van der Waals surface area contributed by atoms with Crippen LogP contribution in [0.4, 0.5) is 0 Å². The molecule has 1 aromatic carbocycles. The summed E-state index contributed by atoms with van der Waals surface area (Å²) in [5.41, 5.74) is 0. The molecule has 0 aliphatic rings. The van der Waals surface area contributed by atoms with Gasteiger partial charge >= 0.3 is 11.9 Å². The van der Waals surface area contributed by atoms with E-state index < -0.39 is 17.2 Å². The number of hydrogen-bond donors (Lipinski definition) is 0. The fraction of sp³-hybridized carbons (Fsp3) is 0.333. The van der Waals surface area contributed by atoms with E-state index in [0.29, 0.717) is 0 Å². The Hall–Kier alpha value is -1.49. The van der Waals surface area contributed by atoms with Crippen LogP contribution >= 0.6 is 11.8 Å². The minimum Gasteiger partial charge on any atom is -0.469 e. The van der Waals surface area contributed by atoms with Crippen molar-refractivity contribution in [1.29, 1.82) is 0 Å². The molecule has 0 N–H and O–H groups in total. The van der Waals surface area contributed by atoms with Crippen LogP contribution in [0.5, 0.6) is 0 Å². The average Bonchev–Trinajstić information content (AvgIpc) is 2.38. The highest BCUT2D eigenvalue weighted by Crippen LogP contribution is 2.26. The molecule has 0 spiro atoms. The molecular formula is C12H14O4S. The number of esters is 2. The number of benzene rings is 1. The van der Waals surface area contributed by atoms with Gasteiger partial charge in [-0.05, 0) is 12.1 Å². The average molecular weight is 254 g/mol. The summed E-state index contributed by atoms with van der Waals surface area (Å²) in [6.07, 6.45) is 0.00271. The minimum atomic E-state index is -0.574. The van der Waals surface area contributed by atoms with Crippen LogP contribution in [0.2, 0.25) is 0 Å². The van der Waals surface area contributed by atoms with Gasteiger partial charge in [-0.3, -0.25) is 9.59 Å². The van der Waals surface area contributed by atoms with Gasteiger partial charge in [0.25, 0.3) is 0 Å². The van der Waals surface area contributed by atoms with E-state index in [1.165, 1.54) is 26.0 Å². The number of carbonyl (C=O) groups excluding carboxylic acids is 2. The molecule has 92 valence electrons. The quantitative estimate of drug-likeness (QED) is 0.593. The number of thioether (sulfide) groups is 1. The van der Waals surface area contributed by atoms with Crippen molar-refractivity contribution in [1.82, 2.24) is 0 Å². The Labute approximate surface area is 104 Å². The number of ether oxygens (including phenoxy) is 2. The predicted molar refractivity (Wildman–Crippen MR) is 64.7 cm³/mol. The van der Waals surface area contributed by atoms with Gasteiger partial charge in [-0.2, -0.15) is 0 Å². The lowest BCUT2D eigenvalue weighted by atomic mass is 10.3. The van der Waals surface area contributed by atoms with E-state index in [9.17, 15) is 9.59 Å². The summed E-state index contributed by atoms with van der Waals surface area (Å²) in [4.78, 5) is 23.6. The largest absolute Gasteiger partial charge is 0.469 e. The van der Waals surface area contributed by atoms with E-state index in [-0.39, 0.29) is 6.42 Å². The van der Waals surface area contributed by atoms with Crippen LogP contribution in [-0.4, -0.2) is 31.4 Å². The van der Waals surface area contributed by atoms with Gasteiger partial charge in [0, 0.05) is 4.90 Å². The normalized spacial score (nSPS) is 11.6. The summed E-state index contributed by atoms with van der Waals surface area (Å²) in [5.74, 6) is -0.854. The zero-order chi connectivity index (χ0) is 12.7. The van der Waals surface area contributed by atoms with Crippen molar-refractivity contribution >= 4 is 23.7 Å². The number of hydrogen-bond acceptors (Lipinski definition) is 5. The molecule has 17 heavy (non-hydrogen) atoms. The molecule has 0 saturated heterocycles. The second-order valence-corrected chi connectivity index (χ2v) is 4.50. The van der Waals surface area contributed by atoms with Gasteiger partial charge in [0.15, 0.2) is 0 Å². The highest BCUT2D eigenvalue weighted by atomic mass is 32.2. The van der Waals surface area contributed by atoms with Crippen LogP contribution in [0.3, 0.4) is 0 Å². The minimum absolute atomic E-state index is 0.00271. The van der Waals surface area contributed by atoms with E-state index in [0.717, 1.165) is 4.90 Å². The van der Waals surface area contributed by atoms with Crippen molar-refractivity contribution in [3.8, 4) is 0 Å². The second kappa shape index (κ2) is 6.96. The molecule has 1 aromatic rings. The Morgan fingerprint density at radius 3 is 2.35 bits per heavy atom. The molecule has 1 atom stereocenters. The Balaban J connectivity index is 2.70. The van der Waals surface area contributed by atoms with Crippen molar-refractivity contribution in [2.75, 3.05) is 14.2 Å². The number of rotatable bonds is 5. The van der Waals surface area contributed by atoms with Gasteiger partial charge in [0.05, 0.1) is 20.6 Å². The Kier molecular flexibility index (Phi) is 5.56. The number of methoxy groups -OCH3 is 2. The van der Waals surface area contributed by atoms with Gasteiger partial charge in [0.1, 0.15) is 5.25 Å². The highest BCUT2D eigenvalue weighted by molar-refractivity contribution is 8.00. The van der Waals surface area contributed by atoms with E-state index >= 15 is 0 Å². The van der Waals surface area contributed by atoms with Gasteiger partial charge in [-0.1, -0.05) is 18.2 Å². The summed E-state index contributed by atoms with van der Waals surface area (Å²) < 4.78 is 9.22. The molecule has 0 unspecified atom stereocenters. The molecular weight excluding hydrogens is 240 g/mol. The summed E-state index contributed by atoms with van der Waals surface area (Å²) in [6.45, 7) is 0. The van der Waals surface area contributed by atoms with E-state index in [4.69, 9.17) is 0 Å². The third-order valence-electron chi connectivity index (χ3n) is 2.07. The van der Waals surface area contributed by atoms with Crippen LogP contribution in [0, 0.1) is 0 Å². The van der Waals surface area contributed by atoms with Crippen LogP contribution in [0.25, 0.3) is 0 Å². The number of carbonyl (C=O) groups is 2. The Morgan fingerprint density at radius 1 is 1.18 bits per heavy atom. The van der Waals surface area contributed by atoms with Gasteiger partial charge in [-0.25, -0.2) is 0 Å². The Morgan fingerprint density at radius 2 is 1.82 bits per heavy atom. The Bertz CT molecular complexity index is 377. The monoisotopic (exact) mass is 254 g/mol. The van der Waals surface area contributed by atoms with Crippen LogP contribution < -0.4 is 0 Å². The van der Waals surface area contributed by atoms with Crippen molar-refractivity contribution < 1.29 is 19.1 Å². The van der Waals surface area contributed by atoms with Gasteiger partial charge < -0.3 is 9.47 Å². The zero-order valence-corrected chi connectivity index (χ0v) is 10.5. The molecule has 0 amide bonds. The smallest absolute Gasteiger partial charge is 0.319 e. The fourth-order valence-corrected chi connectivity index (χ4v) is 2.26. The topological polar surface area (TPSA) is 52.6 Å². The molecule has 0 aliphatic heterocycles. The van der Waals surface area contributed by atoms with E-state index in [1.807, 2.05) is 30.3 Å². The van der Waals surface area contributed by atoms with Crippen molar-refractivity contribution in [3.63, 3.8) is 0 Å². The van der Waals surface area contributed by atoms with Gasteiger partial charge in [-0.15, -0.1) is 11.8 Å². The molecule has 5 heteroatoms. The van der Waals surface area contributed by atoms with E-state index in [1.54, 1.807) is 0 Å².